The zero-order chi connectivity index (χ0) is 19.2. The van der Waals surface area contributed by atoms with Crippen LogP contribution in [0.4, 0.5) is 5.69 Å². The number of carbonyl (C=O) groups is 2. The quantitative estimate of drug-likeness (QED) is 0.464. The molecule has 138 valence electrons. The van der Waals surface area contributed by atoms with Gasteiger partial charge in [-0.2, -0.15) is 0 Å². The molecule has 1 N–H and O–H groups in total. The molecule has 0 fully saturated rings. The van der Waals surface area contributed by atoms with Gasteiger partial charge >= 0.3 is 5.97 Å². The Bertz CT molecular complexity index is 985. The Hall–Kier alpha value is -2.50. The third-order valence-corrected chi connectivity index (χ3v) is 5.29. The lowest BCUT2D eigenvalue weighted by molar-refractivity contribution is -0.144. The van der Waals surface area contributed by atoms with Crippen LogP contribution in [0.25, 0.3) is 10.8 Å². The maximum absolute atomic E-state index is 12.0. The van der Waals surface area contributed by atoms with Crippen LogP contribution < -0.4 is 5.32 Å². The minimum absolute atomic E-state index is 0.0992. The number of rotatable bonds is 6. The number of carbonyl (C=O) groups excluding carboxylic acids is 2. The van der Waals surface area contributed by atoms with Crippen LogP contribution in [0.15, 0.2) is 65.6 Å². The molecule has 0 saturated carbocycles. The molecule has 0 aliphatic heterocycles. The van der Waals surface area contributed by atoms with E-state index in [1.165, 1.54) is 11.8 Å². The summed E-state index contributed by atoms with van der Waals surface area (Å²) in [5.41, 5.74) is 1.65. The molecular weight excluding hydrogens is 382 g/mol. The van der Waals surface area contributed by atoms with Crippen molar-refractivity contribution in [2.45, 2.75) is 11.8 Å². The van der Waals surface area contributed by atoms with Crippen molar-refractivity contribution in [2.24, 2.45) is 0 Å². The summed E-state index contributed by atoms with van der Waals surface area (Å²) in [6.45, 7) is 1.58. The van der Waals surface area contributed by atoms with Crippen molar-refractivity contribution in [1.82, 2.24) is 0 Å². The Labute approximate surface area is 166 Å². The van der Waals surface area contributed by atoms with Crippen LogP contribution in [-0.4, -0.2) is 24.2 Å². The van der Waals surface area contributed by atoms with Crippen LogP contribution in [0.5, 0.6) is 0 Å². The first-order valence-corrected chi connectivity index (χ1v) is 9.72. The van der Waals surface area contributed by atoms with Crippen LogP contribution >= 0.6 is 23.4 Å². The third-order valence-electron chi connectivity index (χ3n) is 3.94. The van der Waals surface area contributed by atoms with E-state index < -0.39 is 5.97 Å². The van der Waals surface area contributed by atoms with Gasteiger partial charge in [-0.15, -0.1) is 11.8 Å². The van der Waals surface area contributed by atoms with E-state index >= 15 is 0 Å². The number of halogens is 1. The van der Waals surface area contributed by atoms with Gasteiger partial charge in [0.25, 0.3) is 5.91 Å². The average Bonchev–Trinajstić information content (AvgIpc) is 2.66. The molecule has 0 aromatic heterocycles. The smallest absolute Gasteiger partial charge is 0.316 e. The number of amides is 1. The summed E-state index contributed by atoms with van der Waals surface area (Å²) in [4.78, 5) is 24.9. The topological polar surface area (TPSA) is 55.4 Å². The van der Waals surface area contributed by atoms with Crippen molar-refractivity contribution in [3.05, 3.63) is 71.2 Å². The molecule has 0 saturated heterocycles. The van der Waals surface area contributed by atoms with Gasteiger partial charge in [-0.05, 0) is 36.1 Å². The Balaban J connectivity index is 1.53. The monoisotopic (exact) mass is 399 g/mol. The Morgan fingerprint density at radius 1 is 1.04 bits per heavy atom. The van der Waals surface area contributed by atoms with Crippen LogP contribution in [0.1, 0.15) is 5.56 Å². The van der Waals surface area contributed by atoms with Crippen molar-refractivity contribution < 1.29 is 14.3 Å². The third kappa shape index (κ3) is 5.02. The van der Waals surface area contributed by atoms with Gasteiger partial charge in [-0.1, -0.05) is 54.1 Å². The number of aryl methyl sites for hydroxylation is 1. The van der Waals surface area contributed by atoms with E-state index in [1.54, 1.807) is 6.07 Å². The highest BCUT2D eigenvalue weighted by molar-refractivity contribution is 8.00. The number of hydrogen-bond acceptors (Lipinski definition) is 4. The minimum atomic E-state index is -0.455. The Morgan fingerprint density at radius 3 is 2.56 bits per heavy atom. The molecule has 0 heterocycles. The first-order valence-electron chi connectivity index (χ1n) is 8.36. The maximum Gasteiger partial charge on any atom is 0.316 e. The molecule has 3 aromatic carbocycles. The van der Waals surface area contributed by atoms with E-state index in [0.717, 1.165) is 21.2 Å². The number of thioether (sulfide) groups is 1. The Morgan fingerprint density at radius 2 is 1.78 bits per heavy atom. The average molecular weight is 400 g/mol. The second kappa shape index (κ2) is 8.93. The standard InChI is InChI=1S/C21H18ClNO3S/c1-14-6-2-3-10-17(14)23-19(24)12-26-20(25)13-27-18-11-5-8-15-7-4-9-16(22)21(15)18/h2-11H,12-13H2,1H3,(H,23,24). The second-order valence-corrected chi connectivity index (χ2v) is 7.33. The van der Waals surface area contributed by atoms with Gasteiger partial charge in [-0.25, -0.2) is 0 Å². The van der Waals surface area contributed by atoms with Gasteiger partial charge in [-0.3, -0.25) is 9.59 Å². The highest BCUT2D eigenvalue weighted by Crippen LogP contribution is 2.33. The molecule has 6 heteroatoms. The minimum Gasteiger partial charge on any atom is -0.455 e. The number of para-hydroxylation sites is 1. The van der Waals surface area contributed by atoms with E-state index in [2.05, 4.69) is 5.32 Å². The highest BCUT2D eigenvalue weighted by atomic mass is 35.5. The van der Waals surface area contributed by atoms with Crippen molar-refractivity contribution in [3.63, 3.8) is 0 Å². The highest BCUT2D eigenvalue weighted by Gasteiger charge is 2.11. The molecule has 3 aromatic rings. The molecule has 0 bridgehead atoms. The summed E-state index contributed by atoms with van der Waals surface area (Å²) in [6, 6.07) is 18.9. The molecule has 3 rings (SSSR count). The fourth-order valence-corrected chi connectivity index (χ4v) is 3.85. The zero-order valence-corrected chi connectivity index (χ0v) is 16.3. The SMILES string of the molecule is Cc1ccccc1NC(=O)COC(=O)CSc1cccc2cccc(Cl)c12. The number of nitrogens with one attached hydrogen (secondary N) is 1. The fourth-order valence-electron chi connectivity index (χ4n) is 2.61. The first-order chi connectivity index (χ1) is 13.0. The lowest BCUT2D eigenvalue weighted by Crippen LogP contribution is -2.22. The number of ether oxygens (including phenoxy) is 1. The Kier molecular flexibility index (Phi) is 6.37. The van der Waals surface area contributed by atoms with Crippen LogP contribution in [0.3, 0.4) is 0 Å². The first kappa shape index (κ1) is 19.3. The van der Waals surface area contributed by atoms with Gasteiger partial charge in [0, 0.05) is 21.0 Å². The second-order valence-electron chi connectivity index (χ2n) is 5.91. The van der Waals surface area contributed by atoms with Crippen molar-refractivity contribution in [3.8, 4) is 0 Å². The van der Waals surface area contributed by atoms with Crippen LogP contribution in [0, 0.1) is 6.92 Å². The molecule has 0 unspecified atom stereocenters. The number of fused-ring (bicyclic) bond motifs is 1. The molecule has 27 heavy (non-hydrogen) atoms. The predicted octanol–water partition coefficient (Wildman–Crippen LogP) is 5.08. The number of esters is 1. The molecule has 0 aliphatic rings. The lowest BCUT2D eigenvalue weighted by Gasteiger charge is -2.09. The van der Waals surface area contributed by atoms with Crippen LogP contribution in [-0.2, 0) is 14.3 Å². The van der Waals surface area contributed by atoms with Gasteiger partial charge in [0.15, 0.2) is 6.61 Å². The predicted molar refractivity (Wildman–Crippen MR) is 110 cm³/mol. The molecular formula is C21H18ClNO3S. The van der Waals surface area contributed by atoms with Crippen LogP contribution in [0.2, 0.25) is 5.02 Å². The summed E-state index contributed by atoms with van der Waals surface area (Å²) < 4.78 is 5.08. The maximum atomic E-state index is 12.0. The van der Waals surface area contributed by atoms with Crippen molar-refractivity contribution in [2.75, 3.05) is 17.7 Å². The number of hydrogen-bond donors (Lipinski definition) is 1. The van der Waals surface area contributed by atoms with Gasteiger partial charge in [0.1, 0.15) is 0 Å². The summed E-state index contributed by atoms with van der Waals surface area (Å²) in [6.07, 6.45) is 0. The molecule has 0 spiro atoms. The fraction of sp³-hybridized carbons (Fsp3) is 0.143. The van der Waals surface area contributed by atoms with Crippen molar-refractivity contribution >= 4 is 51.7 Å². The molecule has 0 aliphatic carbocycles. The van der Waals surface area contributed by atoms with Gasteiger partial charge < -0.3 is 10.1 Å². The van der Waals surface area contributed by atoms with E-state index in [9.17, 15) is 9.59 Å². The number of anilines is 1. The van der Waals surface area contributed by atoms with Gasteiger partial charge in [0.05, 0.1) is 5.75 Å². The van der Waals surface area contributed by atoms with E-state index in [1.807, 2.05) is 61.5 Å². The number of benzene rings is 3. The molecule has 4 nitrogen and oxygen atoms in total. The summed E-state index contributed by atoms with van der Waals surface area (Å²) in [5, 5.41) is 5.30. The normalized spacial score (nSPS) is 10.6. The largest absolute Gasteiger partial charge is 0.455 e. The molecule has 1 amide bonds. The lowest BCUT2D eigenvalue weighted by atomic mass is 10.1. The zero-order valence-electron chi connectivity index (χ0n) is 14.7. The summed E-state index contributed by atoms with van der Waals surface area (Å²) in [7, 11) is 0. The summed E-state index contributed by atoms with van der Waals surface area (Å²) >= 11 is 7.63. The summed E-state index contributed by atoms with van der Waals surface area (Å²) in [5.74, 6) is -0.720. The van der Waals surface area contributed by atoms with Gasteiger partial charge in [0.2, 0.25) is 0 Å². The van der Waals surface area contributed by atoms with Crippen molar-refractivity contribution in [1.29, 1.82) is 0 Å². The van der Waals surface area contributed by atoms with E-state index in [0.29, 0.717) is 10.7 Å². The molecule has 0 atom stereocenters. The van der Waals surface area contributed by atoms with E-state index in [4.69, 9.17) is 16.3 Å². The van der Waals surface area contributed by atoms with E-state index in [-0.39, 0.29) is 18.3 Å². The molecule has 0 radical (unpaired) electrons.